The molecular formula is C14H11FN2O2. The lowest BCUT2D eigenvalue weighted by atomic mass is 10.1. The summed E-state index contributed by atoms with van der Waals surface area (Å²) < 4.78 is 18.2. The highest BCUT2D eigenvalue weighted by atomic mass is 19.1. The van der Waals surface area contributed by atoms with E-state index < -0.39 is 0 Å². The minimum absolute atomic E-state index is 0.228. The SMILES string of the molecule is O=C(NCc1ccco1)c1c[nH]c2cc(F)ccc12. The molecule has 2 N–H and O–H groups in total. The largest absolute Gasteiger partial charge is 0.467 e. The highest BCUT2D eigenvalue weighted by Crippen LogP contribution is 2.19. The average Bonchev–Trinajstić information content (AvgIpc) is 3.04. The molecular weight excluding hydrogens is 247 g/mol. The summed E-state index contributed by atoms with van der Waals surface area (Å²) in [4.78, 5) is 14.9. The van der Waals surface area contributed by atoms with Crippen LogP contribution < -0.4 is 5.32 Å². The number of halogens is 1. The molecule has 0 saturated heterocycles. The van der Waals surface area contributed by atoms with Crippen LogP contribution >= 0.6 is 0 Å². The van der Waals surface area contributed by atoms with Crippen molar-refractivity contribution in [3.05, 3.63) is 59.9 Å². The minimum Gasteiger partial charge on any atom is -0.467 e. The molecule has 4 nitrogen and oxygen atoms in total. The van der Waals surface area contributed by atoms with Gasteiger partial charge in [-0.15, -0.1) is 0 Å². The van der Waals surface area contributed by atoms with Crippen LogP contribution in [-0.2, 0) is 6.54 Å². The Morgan fingerprint density at radius 3 is 3.05 bits per heavy atom. The predicted octanol–water partition coefficient (Wildman–Crippen LogP) is 2.83. The molecule has 0 aliphatic rings. The molecule has 0 aliphatic heterocycles. The smallest absolute Gasteiger partial charge is 0.253 e. The maximum Gasteiger partial charge on any atom is 0.253 e. The first-order chi connectivity index (χ1) is 9.24. The van der Waals surface area contributed by atoms with Gasteiger partial charge in [-0.25, -0.2) is 4.39 Å². The molecule has 0 unspecified atom stereocenters. The molecule has 3 rings (SSSR count). The van der Waals surface area contributed by atoms with Gasteiger partial charge in [0.15, 0.2) is 0 Å². The standard InChI is InChI=1S/C14H11FN2O2/c15-9-3-4-11-12(8-16-13(11)6-9)14(18)17-7-10-2-1-5-19-10/h1-6,8,16H,7H2,(H,17,18). The van der Waals surface area contributed by atoms with E-state index in [1.54, 1.807) is 30.7 Å². The van der Waals surface area contributed by atoms with Crippen molar-refractivity contribution in [3.63, 3.8) is 0 Å². The van der Waals surface area contributed by atoms with Crippen LogP contribution in [0, 0.1) is 5.82 Å². The van der Waals surface area contributed by atoms with E-state index >= 15 is 0 Å². The number of rotatable bonds is 3. The second-order valence-electron chi connectivity index (χ2n) is 4.15. The third-order valence-corrected chi connectivity index (χ3v) is 2.89. The Hall–Kier alpha value is -2.56. The number of benzene rings is 1. The Bertz CT molecular complexity index is 716. The lowest BCUT2D eigenvalue weighted by Gasteiger charge is -2.02. The Balaban J connectivity index is 1.81. The molecule has 0 aliphatic carbocycles. The van der Waals surface area contributed by atoms with Crippen LogP contribution in [0.4, 0.5) is 4.39 Å². The summed E-state index contributed by atoms with van der Waals surface area (Å²) in [6.07, 6.45) is 3.12. The Morgan fingerprint density at radius 1 is 1.37 bits per heavy atom. The molecule has 96 valence electrons. The van der Waals surface area contributed by atoms with Crippen molar-refractivity contribution in [2.75, 3.05) is 0 Å². The van der Waals surface area contributed by atoms with Gasteiger partial charge in [0.1, 0.15) is 11.6 Å². The molecule has 1 amide bonds. The average molecular weight is 258 g/mol. The fourth-order valence-electron chi connectivity index (χ4n) is 1.96. The van der Waals surface area contributed by atoms with Gasteiger partial charge in [-0.3, -0.25) is 4.79 Å². The van der Waals surface area contributed by atoms with Crippen molar-refractivity contribution in [3.8, 4) is 0 Å². The Kier molecular flexibility index (Phi) is 2.79. The number of furan rings is 1. The number of fused-ring (bicyclic) bond motifs is 1. The topological polar surface area (TPSA) is 58.0 Å². The first-order valence-electron chi connectivity index (χ1n) is 5.81. The van der Waals surface area contributed by atoms with Crippen molar-refractivity contribution in [2.45, 2.75) is 6.54 Å². The van der Waals surface area contributed by atoms with E-state index in [0.717, 1.165) is 0 Å². The molecule has 1 aromatic carbocycles. The van der Waals surface area contributed by atoms with E-state index in [9.17, 15) is 9.18 Å². The number of aromatic amines is 1. The van der Waals surface area contributed by atoms with Gasteiger partial charge in [0, 0.05) is 17.1 Å². The summed E-state index contributed by atoms with van der Waals surface area (Å²) in [5.74, 6) is 0.116. The molecule has 19 heavy (non-hydrogen) atoms. The van der Waals surface area contributed by atoms with Crippen molar-refractivity contribution in [1.82, 2.24) is 10.3 Å². The zero-order valence-electron chi connectivity index (χ0n) is 9.94. The number of amides is 1. The van der Waals surface area contributed by atoms with E-state index in [4.69, 9.17) is 4.42 Å². The van der Waals surface area contributed by atoms with E-state index in [0.29, 0.717) is 28.8 Å². The van der Waals surface area contributed by atoms with Crippen molar-refractivity contribution in [2.24, 2.45) is 0 Å². The zero-order valence-corrected chi connectivity index (χ0v) is 9.94. The molecule has 0 fully saturated rings. The maximum absolute atomic E-state index is 13.0. The Morgan fingerprint density at radius 2 is 2.26 bits per heavy atom. The lowest BCUT2D eigenvalue weighted by molar-refractivity contribution is 0.0949. The quantitative estimate of drug-likeness (QED) is 0.759. The lowest BCUT2D eigenvalue weighted by Crippen LogP contribution is -2.22. The minimum atomic E-state index is -0.336. The number of nitrogens with one attached hydrogen (secondary N) is 2. The van der Waals surface area contributed by atoms with E-state index in [1.807, 2.05) is 0 Å². The van der Waals surface area contributed by atoms with Crippen molar-refractivity contribution >= 4 is 16.8 Å². The van der Waals surface area contributed by atoms with E-state index in [1.165, 1.54) is 12.1 Å². The second kappa shape index (κ2) is 4.61. The van der Waals surface area contributed by atoms with Gasteiger partial charge in [-0.2, -0.15) is 0 Å². The maximum atomic E-state index is 13.0. The summed E-state index contributed by atoms with van der Waals surface area (Å²) in [5, 5.41) is 3.44. The van der Waals surface area contributed by atoms with Gasteiger partial charge in [0.25, 0.3) is 5.91 Å². The van der Waals surface area contributed by atoms with Crippen LogP contribution in [0.5, 0.6) is 0 Å². The molecule has 0 saturated carbocycles. The van der Waals surface area contributed by atoms with Crippen LogP contribution in [0.2, 0.25) is 0 Å². The highest BCUT2D eigenvalue weighted by molar-refractivity contribution is 6.06. The zero-order chi connectivity index (χ0) is 13.2. The number of aromatic nitrogens is 1. The third-order valence-electron chi connectivity index (χ3n) is 2.89. The number of carbonyl (C=O) groups is 1. The predicted molar refractivity (Wildman–Crippen MR) is 68.1 cm³/mol. The van der Waals surface area contributed by atoms with Crippen LogP contribution in [0.1, 0.15) is 16.1 Å². The van der Waals surface area contributed by atoms with Gasteiger partial charge >= 0.3 is 0 Å². The van der Waals surface area contributed by atoms with Gasteiger partial charge in [-0.1, -0.05) is 0 Å². The number of carbonyl (C=O) groups excluding carboxylic acids is 1. The molecule has 2 heterocycles. The molecule has 5 heteroatoms. The fourth-order valence-corrected chi connectivity index (χ4v) is 1.96. The molecule has 3 aromatic rings. The summed E-state index contributed by atoms with van der Waals surface area (Å²) >= 11 is 0. The fraction of sp³-hybridized carbons (Fsp3) is 0.0714. The van der Waals surface area contributed by atoms with Gasteiger partial charge in [0.2, 0.25) is 0 Å². The molecule has 0 spiro atoms. The van der Waals surface area contributed by atoms with Crippen LogP contribution in [0.3, 0.4) is 0 Å². The van der Waals surface area contributed by atoms with Gasteiger partial charge < -0.3 is 14.7 Å². The van der Waals surface area contributed by atoms with Crippen LogP contribution in [0.15, 0.2) is 47.2 Å². The molecule has 0 bridgehead atoms. The first-order valence-corrected chi connectivity index (χ1v) is 5.81. The van der Waals surface area contributed by atoms with Gasteiger partial charge in [-0.05, 0) is 30.3 Å². The summed E-state index contributed by atoms with van der Waals surface area (Å²) in [6.45, 7) is 0.319. The number of H-pyrrole nitrogens is 1. The highest BCUT2D eigenvalue weighted by Gasteiger charge is 2.12. The van der Waals surface area contributed by atoms with Crippen LogP contribution in [-0.4, -0.2) is 10.9 Å². The summed E-state index contributed by atoms with van der Waals surface area (Å²) in [6, 6.07) is 7.82. The molecule has 0 atom stereocenters. The van der Waals surface area contributed by atoms with Crippen molar-refractivity contribution < 1.29 is 13.6 Å². The normalized spacial score (nSPS) is 10.8. The summed E-state index contributed by atoms with van der Waals surface area (Å²) in [5.41, 5.74) is 1.09. The third kappa shape index (κ3) is 2.22. The first kappa shape index (κ1) is 11.5. The Labute approximate surface area is 108 Å². The number of hydrogen-bond donors (Lipinski definition) is 2. The second-order valence-corrected chi connectivity index (χ2v) is 4.15. The summed E-state index contributed by atoms with van der Waals surface area (Å²) in [7, 11) is 0. The van der Waals surface area contributed by atoms with E-state index in [2.05, 4.69) is 10.3 Å². The molecule has 2 aromatic heterocycles. The van der Waals surface area contributed by atoms with Crippen molar-refractivity contribution in [1.29, 1.82) is 0 Å². The van der Waals surface area contributed by atoms with Gasteiger partial charge in [0.05, 0.1) is 18.4 Å². The van der Waals surface area contributed by atoms with E-state index in [-0.39, 0.29) is 11.7 Å². The monoisotopic (exact) mass is 258 g/mol. The number of hydrogen-bond acceptors (Lipinski definition) is 2. The van der Waals surface area contributed by atoms with Crippen LogP contribution in [0.25, 0.3) is 10.9 Å². The molecule has 0 radical (unpaired) electrons.